The number of carbonyl (C=O) groups excluding carboxylic acids is 1. The van der Waals surface area contributed by atoms with E-state index in [2.05, 4.69) is 23.8 Å². The highest BCUT2D eigenvalue weighted by atomic mass is 32.1. The molecule has 1 heterocycles. The molecule has 0 aliphatic rings. The Hall–Kier alpha value is -0.950. The van der Waals surface area contributed by atoms with Gasteiger partial charge in [0.2, 0.25) is 0 Å². The van der Waals surface area contributed by atoms with Gasteiger partial charge < -0.3 is 4.74 Å². The van der Waals surface area contributed by atoms with Gasteiger partial charge in [0.25, 0.3) is 5.91 Å². The van der Waals surface area contributed by atoms with Crippen molar-refractivity contribution in [2.45, 2.75) is 25.4 Å². The summed E-state index contributed by atoms with van der Waals surface area (Å²) in [4.78, 5) is 15.0. The van der Waals surface area contributed by atoms with Crippen LogP contribution in [-0.2, 0) is 16.0 Å². The van der Waals surface area contributed by atoms with Crippen molar-refractivity contribution in [1.29, 1.82) is 0 Å². The fraction of sp³-hybridized carbons (Fsp3) is 0.583. The maximum absolute atomic E-state index is 11.7. The lowest BCUT2D eigenvalue weighted by Crippen LogP contribution is -2.52. The van der Waals surface area contributed by atoms with Crippen LogP contribution >= 0.6 is 11.3 Å². The van der Waals surface area contributed by atoms with Crippen LogP contribution < -0.4 is 11.3 Å². The molecule has 0 radical (unpaired) electrons. The van der Waals surface area contributed by atoms with Crippen molar-refractivity contribution in [2.24, 2.45) is 5.84 Å². The van der Waals surface area contributed by atoms with Gasteiger partial charge in [-0.1, -0.05) is 6.07 Å². The van der Waals surface area contributed by atoms with Crippen molar-refractivity contribution >= 4 is 17.2 Å². The number of nitrogens with one attached hydrogen (secondary N) is 1. The minimum absolute atomic E-state index is 0.225. The van der Waals surface area contributed by atoms with E-state index in [1.807, 2.05) is 18.0 Å². The highest BCUT2D eigenvalue weighted by Crippen LogP contribution is 2.15. The summed E-state index contributed by atoms with van der Waals surface area (Å²) < 4.78 is 5.08. The van der Waals surface area contributed by atoms with Gasteiger partial charge in [0.15, 0.2) is 0 Å². The zero-order valence-corrected chi connectivity index (χ0v) is 11.9. The summed E-state index contributed by atoms with van der Waals surface area (Å²) in [5.74, 6) is 4.97. The molecule has 0 aliphatic heterocycles. The summed E-state index contributed by atoms with van der Waals surface area (Å²) in [5, 5.41) is 2.06. The normalized spacial score (nSPS) is 14.5. The molecule has 6 heteroatoms. The second-order valence-corrected chi connectivity index (χ2v) is 5.31. The van der Waals surface area contributed by atoms with E-state index in [1.165, 1.54) is 4.88 Å². The Labute approximate surface area is 112 Å². The van der Waals surface area contributed by atoms with Crippen LogP contribution in [0.3, 0.4) is 0 Å². The van der Waals surface area contributed by atoms with Gasteiger partial charge in [0.05, 0.1) is 6.61 Å². The van der Waals surface area contributed by atoms with Gasteiger partial charge in [-0.3, -0.25) is 15.1 Å². The Bertz CT molecular complexity index is 356. The molecular weight excluding hydrogens is 250 g/mol. The number of methoxy groups -OCH3 is 1. The highest BCUT2D eigenvalue weighted by Gasteiger charge is 2.26. The first-order valence-electron chi connectivity index (χ1n) is 5.83. The Morgan fingerprint density at radius 1 is 1.67 bits per heavy atom. The molecule has 0 aromatic carbocycles. The molecule has 0 saturated heterocycles. The van der Waals surface area contributed by atoms with Crippen LogP contribution in [0.5, 0.6) is 0 Å². The van der Waals surface area contributed by atoms with Crippen LogP contribution in [0, 0.1) is 0 Å². The number of hydrogen-bond donors (Lipinski definition) is 2. The molecule has 5 nitrogen and oxygen atoms in total. The number of hydrazine groups is 1. The van der Waals surface area contributed by atoms with Gasteiger partial charge in [-0.15, -0.1) is 11.3 Å². The molecule has 18 heavy (non-hydrogen) atoms. The van der Waals surface area contributed by atoms with Crippen LogP contribution in [0.15, 0.2) is 17.5 Å². The van der Waals surface area contributed by atoms with E-state index in [4.69, 9.17) is 10.6 Å². The van der Waals surface area contributed by atoms with Crippen molar-refractivity contribution in [2.75, 3.05) is 20.8 Å². The number of carbonyl (C=O) groups is 1. The molecular formula is C12H21N3O2S. The molecule has 3 N–H and O–H groups in total. The lowest BCUT2D eigenvalue weighted by molar-refractivity contribution is -0.128. The maximum Gasteiger partial charge on any atom is 0.253 e. The predicted octanol–water partition coefficient (Wildman–Crippen LogP) is 0.616. The van der Waals surface area contributed by atoms with Crippen molar-refractivity contribution in [1.82, 2.24) is 10.3 Å². The fourth-order valence-electron chi connectivity index (χ4n) is 1.80. The maximum atomic E-state index is 11.7. The van der Waals surface area contributed by atoms with Gasteiger partial charge in [-0.05, 0) is 31.8 Å². The number of nitrogens with two attached hydrogens (primary N) is 1. The van der Waals surface area contributed by atoms with Gasteiger partial charge in [-0.25, -0.2) is 5.84 Å². The molecule has 0 spiro atoms. The summed E-state index contributed by atoms with van der Waals surface area (Å²) >= 11 is 1.72. The van der Waals surface area contributed by atoms with Crippen LogP contribution in [-0.4, -0.2) is 43.7 Å². The Kier molecular flexibility index (Phi) is 6.28. The number of hydrogen-bond acceptors (Lipinski definition) is 5. The average molecular weight is 271 g/mol. The Balaban J connectivity index is 2.63. The molecule has 1 rings (SSSR count). The van der Waals surface area contributed by atoms with E-state index < -0.39 is 0 Å². The van der Waals surface area contributed by atoms with Gasteiger partial charge in [0, 0.05) is 18.0 Å². The van der Waals surface area contributed by atoms with E-state index in [0.29, 0.717) is 6.61 Å². The third-order valence-electron chi connectivity index (χ3n) is 3.03. The number of thiophene rings is 1. The first-order chi connectivity index (χ1) is 8.60. The van der Waals surface area contributed by atoms with E-state index in [0.717, 1.165) is 6.42 Å². The molecule has 0 bridgehead atoms. The lowest BCUT2D eigenvalue weighted by atomic mass is 10.1. The van der Waals surface area contributed by atoms with E-state index in [9.17, 15) is 4.79 Å². The summed E-state index contributed by atoms with van der Waals surface area (Å²) in [6.07, 6.45) is 0.909. The number of rotatable bonds is 7. The second-order valence-electron chi connectivity index (χ2n) is 4.28. The summed E-state index contributed by atoms with van der Waals surface area (Å²) in [6.45, 7) is 2.42. The van der Waals surface area contributed by atoms with Gasteiger partial charge in [0.1, 0.15) is 6.04 Å². The predicted molar refractivity (Wildman–Crippen MR) is 73.2 cm³/mol. The monoisotopic (exact) mass is 271 g/mol. The Morgan fingerprint density at radius 2 is 2.39 bits per heavy atom. The van der Waals surface area contributed by atoms with Crippen LogP contribution in [0.2, 0.25) is 0 Å². The number of likely N-dealkylation sites (N-methyl/N-ethyl adjacent to an activating group) is 1. The topological polar surface area (TPSA) is 67.6 Å². The standard InChI is InChI=1S/C12H21N3O2S/c1-9(7-10-5-4-6-18-10)15(2)11(8-17-3)12(16)14-13/h4-6,9,11H,7-8,13H2,1-3H3,(H,14,16). The number of ether oxygens (including phenoxy) is 1. The third kappa shape index (κ3) is 4.06. The van der Waals surface area contributed by atoms with E-state index in [-0.39, 0.29) is 18.0 Å². The summed E-state index contributed by atoms with van der Waals surface area (Å²) in [5.41, 5.74) is 2.19. The molecule has 1 amide bonds. The summed E-state index contributed by atoms with van der Waals surface area (Å²) in [6, 6.07) is 4.01. The molecule has 1 aromatic heterocycles. The van der Waals surface area contributed by atoms with Gasteiger partial charge in [-0.2, -0.15) is 0 Å². The van der Waals surface area contributed by atoms with Crippen LogP contribution in [0.4, 0.5) is 0 Å². The molecule has 2 atom stereocenters. The lowest BCUT2D eigenvalue weighted by Gasteiger charge is -2.31. The SMILES string of the molecule is COCC(C(=O)NN)N(C)C(C)Cc1cccs1. The smallest absolute Gasteiger partial charge is 0.253 e. The fourth-order valence-corrected chi connectivity index (χ4v) is 2.63. The van der Waals surface area contributed by atoms with E-state index in [1.54, 1.807) is 18.4 Å². The molecule has 102 valence electrons. The highest BCUT2D eigenvalue weighted by molar-refractivity contribution is 7.09. The largest absolute Gasteiger partial charge is 0.383 e. The Morgan fingerprint density at radius 3 is 2.89 bits per heavy atom. The first kappa shape index (κ1) is 15.1. The zero-order valence-electron chi connectivity index (χ0n) is 11.1. The van der Waals surface area contributed by atoms with Crippen LogP contribution in [0.25, 0.3) is 0 Å². The average Bonchev–Trinajstić information content (AvgIpc) is 2.87. The molecule has 0 saturated carbocycles. The zero-order chi connectivity index (χ0) is 13.5. The molecule has 0 aliphatic carbocycles. The minimum atomic E-state index is -0.366. The van der Waals surface area contributed by atoms with Crippen molar-refractivity contribution in [3.63, 3.8) is 0 Å². The molecule has 2 unspecified atom stereocenters. The third-order valence-corrected chi connectivity index (χ3v) is 3.93. The summed E-state index contributed by atoms with van der Waals surface area (Å²) in [7, 11) is 3.49. The number of nitrogens with zero attached hydrogens (tertiary/aromatic N) is 1. The van der Waals surface area contributed by atoms with E-state index >= 15 is 0 Å². The van der Waals surface area contributed by atoms with Gasteiger partial charge >= 0.3 is 0 Å². The minimum Gasteiger partial charge on any atom is -0.383 e. The molecule has 0 fully saturated rings. The van der Waals surface area contributed by atoms with Crippen molar-refractivity contribution < 1.29 is 9.53 Å². The number of amides is 1. The quantitative estimate of drug-likeness (QED) is 0.433. The van der Waals surface area contributed by atoms with Crippen LogP contribution in [0.1, 0.15) is 11.8 Å². The van der Waals surface area contributed by atoms with Crippen molar-refractivity contribution in [3.8, 4) is 0 Å². The first-order valence-corrected chi connectivity index (χ1v) is 6.71. The second kappa shape index (κ2) is 7.48. The molecule has 1 aromatic rings. The van der Waals surface area contributed by atoms with Crippen molar-refractivity contribution in [3.05, 3.63) is 22.4 Å².